The summed E-state index contributed by atoms with van der Waals surface area (Å²) in [5.74, 6) is 1.28. The van der Waals surface area contributed by atoms with E-state index in [0.29, 0.717) is 5.82 Å². The van der Waals surface area contributed by atoms with Crippen LogP contribution in [0.25, 0.3) is 0 Å². The molecule has 1 aliphatic heterocycles. The summed E-state index contributed by atoms with van der Waals surface area (Å²) in [6, 6.07) is 3.76. The Balaban J connectivity index is 1.71. The lowest BCUT2D eigenvalue weighted by Crippen LogP contribution is -2.09. The van der Waals surface area contributed by atoms with E-state index in [2.05, 4.69) is 10.3 Å². The van der Waals surface area contributed by atoms with Gasteiger partial charge in [-0.1, -0.05) is 0 Å². The zero-order valence-corrected chi connectivity index (χ0v) is 8.78. The van der Waals surface area contributed by atoms with Gasteiger partial charge in [-0.05, 0) is 30.9 Å². The first kappa shape index (κ1) is 10.2. The third-order valence-electron chi connectivity index (χ3n) is 2.69. The molecular formula is C11H17N3O. The average Bonchev–Trinajstić information content (AvgIpc) is 2.74. The Kier molecular flexibility index (Phi) is 3.40. The van der Waals surface area contributed by atoms with E-state index in [4.69, 9.17) is 10.5 Å². The van der Waals surface area contributed by atoms with E-state index in [-0.39, 0.29) is 0 Å². The lowest BCUT2D eigenvalue weighted by atomic mass is 10.1. The summed E-state index contributed by atoms with van der Waals surface area (Å²) in [6.45, 7) is 2.81. The standard InChI is InChI=1S/C11H17N3O/c12-11-2-1-10(7-14-11)13-5-3-9-4-6-15-8-9/h1-2,7,9,13H,3-6,8H2,(H2,12,14). The van der Waals surface area contributed by atoms with Crippen LogP contribution >= 0.6 is 0 Å². The molecule has 1 atom stereocenters. The molecule has 1 aromatic heterocycles. The van der Waals surface area contributed by atoms with E-state index < -0.39 is 0 Å². The number of nitrogens with one attached hydrogen (secondary N) is 1. The van der Waals surface area contributed by atoms with Crippen molar-refractivity contribution < 1.29 is 4.74 Å². The van der Waals surface area contributed by atoms with Crippen LogP contribution in [0.4, 0.5) is 11.5 Å². The van der Waals surface area contributed by atoms with Crippen molar-refractivity contribution in [1.29, 1.82) is 0 Å². The second kappa shape index (κ2) is 4.98. The first-order chi connectivity index (χ1) is 7.34. The summed E-state index contributed by atoms with van der Waals surface area (Å²) in [6.07, 6.45) is 4.12. The molecule has 0 amide bonds. The molecule has 0 aromatic carbocycles. The SMILES string of the molecule is Nc1ccc(NCCC2CCOC2)cn1. The van der Waals surface area contributed by atoms with Crippen LogP contribution in [0.15, 0.2) is 18.3 Å². The van der Waals surface area contributed by atoms with Crippen LogP contribution in [0.2, 0.25) is 0 Å². The lowest BCUT2D eigenvalue weighted by Gasteiger charge is -2.09. The topological polar surface area (TPSA) is 60.2 Å². The third kappa shape index (κ3) is 3.09. The van der Waals surface area contributed by atoms with Crippen molar-refractivity contribution in [2.75, 3.05) is 30.8 Å². The molecule has 1 aliphatic rings. The van der Waals surface area contributed by atoms with Crippen molar-refractivity contribution in [3.8, 4) is 0 Å². The highest BCUT2D eigenvalue weighted by molar-refractivity contribution is 5.45. The number of aromatic nitrogens is 1. The minimum absolute atomic E-state index is 0.560. The smallest absolute Gasteiger partial charge is 0.123 e. The van der Waals surface area contributed by atoms with Gasteiger partial charge in [-0.25, -0.2) is 4.98 Å². The van der Waals surface area contributed by atoms with Gasteiger partial charge in [-0.3, -0.25) is 0 Å². The number of ether oxygens (including phenoxy) is 1. The predicted octanol–water partition coefficient (Wildman–Crippen LogP) is 1.50. The van der Waals surface area contributed by atoms with Crippen molar-refractivity contribution >= 4 is 11.5 Å². The summed E-state index contributed by atoms with van der Waals surface area (Å²) < 4.78 is 5.32. The number of hydrogen-bond acceptors (Lipinski definition) is 4. The van der Waals surface area contributed by atoms with Gasteiger partial charge in [0.05, 0.1) is 11.9 Å². The normalized spacial score (nSPS) is 20.4. The Morgan fingerprint density at radius 2 is 2.47 bits per heavy atom. The van der Waals surface area contributed by atoms with Gasteiger partial charge in [0.1, 0.15) is 5.82 Å². The summed E-state index contributed by atoms with van der Waals surface area (Å²) in [7, 11) is 0. The highest BCUT2D eigenvalue weighted by Crippen LogP contribution is 2.16. The fourth-order valence-corrected chi connectivity index (χ4v) is 1.74. The number of nitrogens with zero attached hydrogens (tertiary/aromatic N) is 1. The van der Waals surface area contributed by atoms with Crippen LogP contribution < -0.4 is 11.1 Å². The zero-order chi connectivity index (χ0) is 10.5. The Labute approximate surface area is 89.8 Å². The van der Waals surface area contributed by atoms with Crippen molar-refractivity contribution in [2.24, 2.45) is 5.92 Å². The maximum absolute atomic E-state index is 5.50. The van der Waals surface area contributed by atoms with Gasteiger partial charge < -0.3 is 15.8 Å². The van der Waals surface area contributed by atoms with Crippen LogP contribution in [0.3, 0.4) is 0 Å². The summed E-state index contributed by atoms with van der Waals surface area (Å²) in [4.78, 5) is 4.02. The number of nitrogens with two attached hydrogens (primary N) is 1. The fourth-order valence-electron chi connectivity index (χ4n) is 1.74. The first-order valence-electron chi connectivity index (χ1n) is 5.38. The number of rotatable bonds is 4. The van der Waals surface area contributed by atoms with E-state index in [9.17, 15) is 0 Å². The molecule has 1 aromatic rings. The minimum atomic E-state index is 0.560. The Bertz CT molecular complexity index is 293. The van der Waals surface area contributed by atoms with Crippen LogP contribution in [-0.4, -0.2) is 24.7 Å². The Morgan fingerprint density at radius 1 is 1.53 bits per heavy atom. The fraction of sp³-hybridized carbons (Fsp3) is 0.545. The predicted molar refractivity (Wildman–Crippen MR) is 60.7 cm³/mol. The van der Waals surface area contributed by atoms with Gasteiger partial charge in [0, 0.05) is 19.8 Å². The van der Waals surface area contributed by atoms with E-state index in [0.717, 1.165) is 37.8 Å². The number of pyridine rings is 1. The molecular weight excluding hydrogens is 190 g/mol. The van der Waals surface area contributed by atoms with E-state index in [1.807, 2.05) is 6.07 Å². The monoisotopic (exact) mass is 207 g/mol. The molecule has 2 heterocycles. The summed E-state index contributed by atoms with van der Waals surface area (Å²) in [5, 5.41) is 3.33. The van der Waals surface area contributed by atoms with Crippen LogP contribution in [-0.2, 0) is 4.74 Å². The number of anilines is 2. The minimum Gasteiger partial charge on any atom is -0.384 e. The molecule has 1 fully saturated rings. The van der Waals surface area contributed by atoms with E-state index >= 15 is 0 Å². The van der Waals surface area contributed by atoms with E-state index in [1.165, 1.54) is 6.42 Å². The van der Waals surface area contributed by atoms with Gasteiger partial charge in [-0.15, -0.1) is 0 Å². The van der Waals surface area contributed by atoms with E-state index in [1.54, 1.807) is 12.3 Å². The van der Waals surface area contributed by atoms with Gasteiger partial charge in [0.2, 0.25) is 0 Å². The second-order valence-corrected chi connectivity index (χ2v) is 3.92. The molecule has 0 aliphatic carbocycles. The maximum atomic E-state index is 5.50. The zero-order valence-electron chi connectivity index (χ0n) is 8.78. The number of hydrogen-bond donors (Lipinski definition) is 2. The van der Waals surface area contributed by atoms with Crippen LogP contribution in [0.5, 0.6) is 0 Å². The first-order valence-corrected chi connectivity index (χ1v) is 5.38. The molecule has 0 bridgehead atoms. The van der Waals surface area contributed by atoms with Crippen molar-refractivity contribution in [3.63, 3.8) is 0 Å². The number of nitrogen functional groups attached to an aromatic ring is 1. The largest absolute Gasteiger partial charge is 0.384 e. The van der Waals surface area contributed by atoms with Crippen LogP contribution in [0, 0.1) is 5.92 Å². The second-order valence-electron chi connectivity index (χ2n) is 3.92. The highest BCUT2D eigenvalue weighted by atomic mass is 16.5. The highest BCUT2D eigenvalue weighted by Gasteiger charge is 2.14. The molecule has 82 valence electrons. The van der Waals surface area contributed by atoms with Crippen molar-refractivity contribution in [1.82, 2.24) is 4.98 Å². The third-order valence-corrected chi connectivity index (χ3v) is 2.69. The van der Waals surface area contributed by atoms with Gasteiger partial charge in [-0.2, -0.15) is 0 Å². The molecule has 2 rings (SSSR count). The maximum Gasteiger partial charge on any atom is 0.123 e. The van der Waals surface area contributed by atoms with Gasteiger partial charge >= 0.3 is 0 Å². The molecule has 0 saturated carbocycles. The quantitative estimate of drug-likeness (QED) is 0.785. The summed E-state index contributed by atoms with van der Waals surface area (Å²) >= 11 is 0. The molecule has 3 N–H and O–H groups in total. The van der Waals surface area contributed by atoms with Gasteiger partial charge in [0.25, 0.3) is 0 Å². The molecule has 0 radical (unpaired) electrons. The van der Waals surface area contributed by atoms with Crippen molar-refractivity contribution in [2.45, 2.75) is 12.8 Å². The molecule has 1 saturated heterocycles. The Morgan fingerprint density at radius 3 is 3.13 bits per heavy atom. The molecule has 4 heteroatoms. The molecule has 1 unspecified atom stereocenters. The average molecular weight is 207 g/mol. The van der Waals surface area contributed by atoms with Crippen molar-refractivity contribution in [3.05, 3.63) is 18.3 Å². The molecule has 4 nitrogen and oxygen atoms in total. The summed E-state index contributed by atoms with van der Waals surface area (Å²) in [5.41, 5.74) is 6.53. The molecule has 15 heavy (non-hydrogen) atoms. The Hall–Kier alpha value is -1.29. The molecule has 0 spiro atoms. The lowest BCUT2D eigenvalue weighted by molar-refractivity contribution is 0.185. The van der Waals surface area contributed by atoms with Crippen LogP contribution in [0.1, 0.15) is 12.8 Å². The van der Waals surface area contributed by atoms with Gasteiger partial charge in [0.15, 0.2) is 0 Å².